The van der Waals surface area contributed by atoms with Crippen molar-refractivity contribution < 1.29 is 14.3 Å². The van der Waals surface area contributed by atoms with Gasteiger partial charge in [-0.3, -0.25) is 9.59 Å². The largest absolute Gasteiger partial charge is 0.383 e. The van der Waals surface area contributed by atoms with Gasteiger partial charge in [0.05, 0.1) is 12.5 Å². The number of aromatic nitrogens is 2. The number of aromatic amines is 1. The summed E-state index contributed by atoms with van der Waals surface area (Å²) < 4.78 is 5.15. The van der Waals surface area contributed by atoms with Gasteiger partial charge in [-0.2, -0.15) is 0 Å². The van der Waals surface area contributed by atoms with Crippen LogP contribution < -0.4 is 0 Å². The smallest absolute Gasteiger partial charge is 0.253 e. The molecule has 2 bridgehead atoms. The maximum atomic E-state index is 13.2. The van der Waals surface area contributed by atoms with Crippen molar-refractivity contribution in [3.05, 3.63) is 42.2 Å². The minimum Gasteiger partial charge on any atom is -0.383 e. The maximum Gasteiger partial charge on any atom is 0.253 e. The predicted octanol–water partition coefficient (Wildman–Crippen LogP) is 1.79. The standard InChI is InChI=1S/C20H24N4O3/c1-27-10-9-24-17-6-5-16(20(24)26)12-23(13-17)19(25)15-4-2-3-14(11-15)18-21-7-8-22-18/h2-4,7-8,11,16-17H,5-6,9-10,12-13H2,1H3,(H,21,22)/t16-,17+/m1/s1. The number of ether oxygens (including phenoxy) is 1. The van der Waals surface area contributed by atoms with Gasteiger partial charge in [0, 0.05) is 56.3 Å². The molecular formula is C20H24N4O3. The van der Waals surface area contributed by atoms with E-state index < -0.39 is 0 Å². The first-order valence-electron chi connectivity index (χ1n) is 9.36. The highest BCUT2D eigenvalue weighted by molar-refractivity contribution is 5.96. The van der Waals surface area contributed by atoms with Gasteiger partial charge < -0.3 is 19.5 Å². The number of fused-ring (bicyclic) bond motifs is 4. The van der Waals surface area contributed by atoms with Crippen LogP contribution in [0.15, 0.2) is 36.7 Å². The number of benzene rings is 1. The minimum absolute atomic E-state index is 0.0262. The Labute approximate surface area is 158 Å². The second-order valence-corrected chi connectivity index (χ2v) is 7.18. The van der Waals surface area contributed by atoms with Crippen molar-refractivity contribution in [2.24, 2.45) is 5.92 Å². The van der Waals surface area contributed by atoms with Crippen LogP contribution in [0, 0.1) is 5.92 Å². The van der Waals surface area contributed by atoms with E-state index in [0.717, 1.165) is 24.2 Å². The van der Waals surface area contributed by atoms with Crippen LogP contribution in [0.4, 0.5) is 0 Å². The lowest BCUT2D eigenvalue weighted by Crippen LogP contribution is -2.49. The van der Waals surface area contributed by atoms with Crippen molar-refractivity contribution in [3.63, 3.8) is 0 Å². The van der Waals surface area contributed by atoms with Crippen molar-refractivity contribution in [1.82, 2.24) is 19.8 Å². The fraction of sp³-hybridized carbons (Fsp3) is 0.450. The average molecular weight is 368 g/mol. The van der Waals surface area contributed by atoms with Gasteiger partial charge in [-0.05, 0) is 25.0 Å². The predicted molar refractivity (Wildman–Crippen MR) is 100 cm³/mol. The highest BCUT2D eigenvalue weighted by Crippen LogP contribution is 2.30. The van der Waals surface area contributed by atoms with Crippen LogP contribution in [-0.2, 0) is 9.53 Å². The number of carbonyl (C=O) groups is 2. The molecule has 5 rings (SSSR count). The van der Waals surface area contributed by atoms with Gasteiger partial charge in [0.25, 0.3) is 5.91 Å². The quantitative estimate of drug-likeness (QED) is 0.873. The molecule has 2 atom stereocenters. The monoisotopic (exact) mass is 368 g/mol. The maximum absolute atomic E-state index is 13.2. The molecule has 2 amide bonds. The number of amides is 2. The number of hydrogen-bond acceptors (Lipinski definition) is 4. The first kappa shape index (κ1) is 17.7. The second kappa shape index (κ2) is 7.52. The summed E-state index contributed by atoms with van der Waals surface area (Å²) in [6.45, 7) is 2.18. The number of methoxy groups -OCH3 is 1. The molecule has 0 spiro atoms. The van der Waals surface area contributed by atoms with Crippen molar-refractivity contribution >= 4 is 11.8 Å². The van der Waals surface area contributed by atoms with Gasteiger partial charge in [0.2, 0.25) is 5.91 Å². The molecule has 0 aliphatic carbocycles. The highest BCUT2D eigenvalue weighted by Gasteiger charge is 2.41. The lowest BCUT2D eigenvalue weighted by molar-refractivity contribution is -0.140. The van der Waals surface area contributed by atoms with Gasteiger partial charge in [-0.25, -0.2) is 4.98 Å². The molecule has 1 aromatic carbocycles. The molecule has 27 heavy (non-hydrogen) atoms. The molecule has 2 aromatic rings. The van der Waals surface area contributed by atoms with Gasteiger partial charge in [0.15, 0.2) is 0 Å². The lowest BCUT2D eigenvalue weighted by atomic mass is 9.94. The molecule has 0 radical (unpaired) electrons. The van der Waals surface area contributed by atoms with Crippen molar-refractivity contribution in [2.75, 3.05) is 33.4 Å². The van der Waals surface area contributed by atoms with E-state index in [2.05, 4.69) is 9.97 Å². The molecular weight excluding hydrogens is 344 g/mol. The van der Waals surface area contributed by atoms with E-state index in [9.17, 15) is 9.59 Å². The van der Waals surface area contributed by atoms with Crippen LogP contribution in [0.1, 0.15) is 23.2 Å². The van der Waals surface area contributed by atoms with Crippen LogP contribution in [0.25, 0.3) is 11.4 Å². The molecule has 1 aromatic heterocycles. The fourth-order valence-corrected chi connectivity index (χ4v) is 4.09. The summed E-state index contributed by atoms with van der Waals surface area (Å²) in [7, 11) is 1.64. The number of hydrogen-bond donors (Lipinski definition) is 1. The Hall–Kier alpha value is -2.67. The molecule has 3 fully saturated rings. The van der Waals surface area contributed by atoms with Gasteiger partial charge >= 0.3 is 0 Å². The van der Waals surface area contributed by atoms with Gasteiger partial charge in [-0.1, -0.05) is 12.1 Å². The molecule has 3 saturated heterocycles. The van der Waals surface area contributed by atoms with Crippen LogP contribution in [-0.4, -0.2) is 71.0 Å². The van der Waals surface area contributed by atoms with Crippen LogP contribution >= 0.6 is 0 Å². The second-order valence-electron chi connectivity index (χ2n) is 7.18. The molecule has 3 aliphatic heterocycles. The van der Waals surface area contributed by atoms with Crippen molar-refractivity contribution in [2.45, 2.75) is 18.9 Å². The summed E-state index contributed by atoms with van der Waals surface area (Å²) in [4.78, 5) is 37.0. The number of H-pyrrole nitrogens is 1. The first-order valence-corrected chi connectivity index (χ1v) is 9.36. The van der Waals surface area contributed by atoms with Gasteiger partial charge in [0.1, 0.15) is 5.82 Å². The van der Waals surface area contributed by atoms with Crippen molar-refractivity contribution in [3.8, 4) is 11.4 Å². The third kappa shape index (κ3) is 3.47. The zero-order chi connectivity index (χ0) is 18.8. The first-order chi connectivity index (χ1) is 13.2. The topological polar surface area (TPSA) is 78.5 Å². The molecule has 0 unspecified atom stereocenters. The number of rotatable bonds is 5. The lowest BCUT2D eigenvalue weighted by Gasteiger charge is -2.35. The number of imidazole rings is 1. The molecule has 7 heteroatoms. The Kier molecular flexibility index (Phi) is 4.94. The fourth-order valence-electron chi connectivity index (χ4n) is 4.09. The third-order valence-electron chi connectivity index (χ3n) is 5.50. The van der Waals surface area contributed by atoms with Gasteiger partial charge in [-0.15, -0.1) is 0 Å². The number of piperidine rings is 1. The Morgan fingerprint density at radius 1 is 1.33 bits per heavy atom. The zero-order valence-corrected chi connectivity index (χ0v) is 15.4. The summed E-state index contributed by atoms with van der Waals surface area (Å²) in [5.74, 6) is 0.754. The molecule has 1 N–H and O–H groups in total. The Morgan fingerprint density at radius 2 is 2.22 bits per heavy atom. The van der Waals surface area contributed by atoms with Crippen LogP contribution in [0.3, 0.4) is 0 Å². The summed E-state index contributed by atoms with van der Waals surface area (Å²) in [6.07, 6.45) is 5.24. The van der Waals surface area contributed by atoms with E-state index >= 15 is 0 Å². The van der Waals surface area contributed by atoms with E-state index in [-0.39, 0.29) is 23.8 Å². The normalized spacial score (nSPS) is 22.2. The Bertz CT molecular complexity index is 820. The molecule has 0 saturated carbocycles. The highest BCUT2D eigenvalue weighted by atomic mass is 16.5. The minimum atomic E-state index is -0.113. The van der Waals surface area contributed by atoms with E-state index in [1.807, 2.05) is 34.1 Å². The molecule has 142 valence electrons. The zero-order valence-electron chi connectivity index (χ0n) is 15.4. The number of carbonyl (C=O) groups excluding carboxylic acids is 2. The Balaban J connectivity index is 1.55. The van der Waals surface area contributed by atoms with Crippen LogP contribution in [0.2, 0.25) is 0 Å². The summed E-state index contributed by atoms with van der Waals surface area (Å²) >= 11 is 0. The van der Waals surface area contributed by atoms with E-state index in [4.69, 9.17) is 4.74 Å². The molecule has 3 aliphatic rings. The average Bonchev–Trinajstić information content (AvgIpc) is 3.10. The summed E-state index contributed by atoms with van der Waals surface area (Å²) in [5.41, 5.74) is 1.50. The molecule has 7 nitrogen and oxygen atoms in total. The number of nitrogens with one attached hydrogen (secondary N) is 1. The SMILES string of the molecule is COCCN1C(=O)[C@@H]2CC[C@H]1CN(C(=O)c1cccc(-c3ncc[nH]3)c1)C2. The summed E-state index contributed by atoms with van der Waals surface area (Å²) in [5, 5.41) is 0. The number of nitrogens with zero attached hydrogens (tertiary/aromatic N) is 3. The molecule has 4 heterocycles. The Morgan fingerprint density at radius 3 is 3.00 bits per heavy atom. The van der Waals surface area contributed by atoms with Crippen LogP contribution in [0.5, 0.6) is 0 Å². The summed E-state index contributed by atoms with van der Waals surface area (Å²) in [6, 6.07) is 7.55. The van der Waals surface area contributed by atoms with E-state index in [1.54, 1.807) is 19.5 Å². The van der Waals surface area contributed by atoms with E-state index in [0.29, 0.717) is 31.8 Å². The van der Waals surface area contributed by atoms with E-state index in [1.165, 1.54) is 0 Å². The van der Waals surface area contributed by atoms with Crippen molar-refractivity contribution in [1.29, 1.82) is 0 Å². The third-order valence-corrected chi connectivity index (χ3v) is 5.50.